The largest absolute Gasteiger partial charge is 0.480 e. The molecule has 1 amide bonds. The van der Waals surface area contributed by atoms with Crippen molar-refractivity contribution in [1.82, 2.24) is 9.80 Å². The van der Waals surface area contributed by atoms with E-state index in [1.54, 1.807) is 12.1 Å². The van der Waals surface area contributed by atoms with Gasteiger partial charge < -0.3 is 15.3 Å². The molecule has 3 N–H and O–H groups in total. The van der Waals surface area contributed by atoms with E-state index in [0.29, 0.717) is 24.5 Å². The first kappa shape index (κ1) is 21.1. The summed E-state index contributed by atoms with van der Waals surface area (Å²) < 4.78 is 0. The van der Waals surface area contributed by atoms with Crippen LogP contribution in [0.15, 0.2) is 42.5 Å². The highest BCUT2D eigenvalue weighted by Gasteiger charge is 2.19. The summed E-state index contributed by atoms with van der Waals surface area (Å²) in [5.74, 6) is -0.470. The molecule has 7 heteroatoms. The van der Waals surface area contributed by atoms with Crippen molar-refractivity contribution < 1.29 is 14.7 Å². The van der Waals surface area contributed by atoms with Gasteiger partial charge in [-0.15, -0.1) is 0 Å². The average molecular weight is 421 g/mol. The Labute approximate surface area is 182 Å². The Balaban J connectivity index is 1.38. The predicted molar refractivity (Wildman–Crippen MR) is 120 cm³/mol. The number of carbonyl (C=O) groups excluding carboxylic acids is 1. The number of benzene rings is 2. The van der Waals surface area contributed by atoms with E-state index in [4.69, 9.17) is 10.5 Å². The molecule has 4 rings (SSSR count). The van der Waals surface area contributed by atoms with Gasteiger partial charge >= 0.3 is 5.97 Å². The third-order valence-electron chi connectivity index (χ3n) is 6.01. The number of hydrogen-bond donors (Lipinski definition) is 3. The number of carboxylic acid groups (broad SMARTS) is 1. The number of aliphatic carboxylic acids is 1. The van der Waals surface area contributed by atoms with Crippen LogP contribution in [0.3, 0.4) is 0 Å². The fourth-order valence-electron chi connectivity index (χ4n) is 4.30. The van der Waals surface area contributed by atoms with E-state index >= 15 is 0 Å². The number of likely N-dealkylation sites (tertiary alicyclic amines) is 1. The summed E-state index contributed by atoms with van der Waals surface area (Å²) in [6.07, 6.45) is 4.24. The maximum absolute atomic E-state index is 12.7. The lowest BCUT2D eigenvalue weighted by Gasteiger charge is -2.29. The van der Waals surface area contributed by atoms with Gasteiger partial charge in [-0.2, -0.15) is 0 Å². The van der Waals surface area contributed by atoms with Crippen molar-refractivity contribution in [2.75, 3.05) is 31.5 Å². The number of nitrogens with one attached hydrogen (secondary N) is 2. The second-order valence-electron chi connectivity index (χ2n) is 8.27. The number of nitrogens with zero attached hydrogens (tertiary/aromatic N) is 2. The van der Waals surface area contributed by atoms with E-state index in [0.717, 1.165) is 54.7 Å². The Morgan fingerprint density at radius 1 is 0.935 bits per heavy atom. The summed E-state index contributed by atoms with van der Waals surface area (Å²) >= 11 is 0. The van der Waals surface area contributed by atoms with Crippen LogP contribution in [0.1, 0.15) is 46.3 Å². The molecule has 2 aliphatic rings. The Hall–Kier alpha value is -3.19. The highest BCUT2D eigenvalue weighted by atomic mass is 16.4. The molecule has 1 fully saturated rings. The molecule has 7 nitrogen and oxygen atoms in total. The van der Waals surface area contributed by atoms with E-state index in [2.05, 4.69) is 10.2 Å². The minimum Gasteiger partial charge on any atom is -0.480 e. The molecule has 2 heterocycles. The summed E-state index contributed by atoms with van der Waals surface area (Å²) in [5, 5.41) is 20.3. The van der Waals surface area contributed by atoms with Crippen LogP contribution in [0, 0.1) is 5.41 Å². The standard InChI is InChI=1S/C24H28N4O3/c25-23(28-11-2-1-3-12-28)17-4-6-18(7-5-17)24(31)26-21-9-8-20-15-27(16-22(29)30)13-10-19(20)14-21/h4-9,14,25H,1-3,10-13,15-16H2,(H,26,31)(H,29,30). The summed E-state index contributed by atoms with van der Waals surface area (Å²) in [6, 6.07) is 13.0. The van der Waals surface area contributed by atoms with Crippen LogP contribution in [-0.4, -0.2) is 58.8 Å². The molecule has 0 saturated carbocycles. The van der Waals surface area contributed by atoms with E-state index in [9.17, 15) is 9.59 Å². The highest BCUT2D eigenvalue weighted by Crippen LogP contribution is 2.23. The van der Waals surface area contributed by atoms with E-state index < -0.39 is 5.97 Å². The number of amidine groups is 1. The molecule has 31 heavy (non-hydrogen) atoms. The molecular weight excluding hydrogens is 392 g/mol. The maximum Gasteiger partial charge on any atom is 0.317 e. The van der Waals surface area contributed by atoms with Gasteiger partial charge in [0.05, 0.1) is 6.54 Å². The van der Waals surface area contributed by atoms with Crippen LogP contribution in [0.2, 0.25) is 0 Å². The second kappa shape index (κ2) is 9.31. The van der Waals surface area contributed by atoms with Gasteiger partial charge in [-0.1, -0.05) is 18.2 Å². The van der Waals surface area contributed by atoms with Crippen molar-refractivity contribution in [1.29, 1.82) is 5.41 Å². The first-order valence-electron chi connectivity index (χ1n) is 10.8. The van der Waals surface area contributed by atoms with Gasteiger partial charge in [0.1, 0.15) is 5.84 Å². The topological polar surface area (TPSA) is 96.7 Å². The number of hydrogen-bond acceptors (Lipinski definition) is 4. The number of carboxylic acids is 1. The van der Waals surface area contributed by atoms with Crippen LogP contribution in [0.25, 0.3) is 0 Å². The van der Waals surface area contributed by atoms with Crippen molar-refractivity contribution in [3.63, 3.8) is 0 Å². The molecule has 0 bridgehead atoms. The monoisotopic (exact) mass is 420 g/mol. The zero-order valence-corrected chi connectivity index (χ0v) is 17.6. The number of fused-ring (bicyclic) bond motifs is 1. The van der Waals surface area contributed by atoms with Gasteiger partial charge in [-0.05, 0) is 61.1 Å². The SMILES string of the molecule is N=C(c1ccc(C(=O)Nc2ccc3c(c2)CCN(CC(=O)O)C3)cc1)N1CCCCC1. The molecule has 2 aromatic rings. The van der Waals surface area contributed by atoms with E-state index in [1.807, 2.05) is 35.2 Å². The zero-order chi connectivity index (χ0) is 21.8. The van der Waals surface area contributed by atoms with Crippen molar-refractivity contribution in [2.45, 2.75) is 32.2 Å². The van der Waals surface area contributed by atoms with Gasteiger partial charge in [-0.25, -0.2) is 0 Å². The lowest BCUT2D eigenvalue weighted by molar-refractivity contribution is -0.138. The fraction of sp³-hybridized carbons (Fsp3) is 0.375. The number of piperidine rings is 1. The molecule has 2 aliphatic heterocycles. The van der Waals surface area contributed by atoms with Crippen molar-refractivity contribution in [3.8, 4) is 0 Å². The normalized spacial score (nSPS) is 16.5. The number of carbonyl (C=O) groups is 2. The van der Waals surface area contributed by atoms with Gasteiger partial charge in [0, 0.05) is 43.0 Å². The molecule has 0 aliphatic carbocycles. The molecule has 1 saturated heterocycles. The second-order valence-corrected chi connectivity index (χ2v) is 8.27. The third-order valence-corrected chi connectivity index (χ3v) is 6.01. The molecule has 162 valence electrons. The summed E-state index contributed by atoms with van der Waals surface area (Å²) in [6.45, 7) is 3.20. The first-order chi connectivity index (χ1) is 15.0. The number of amides is 1. The third kappa shape index (κ3) is 5.11. The Kier molecular flexibility index (Phi) is 6.32. The zero-order valence-electron chi connectivity index (χ0n) is 17.6. The molecule has 0 atom stereocenters. The number of anilines is 1. The molecule has 0 aromatic heterocycles. The fourth-order valence-corrected chi connectivity index (χ4v) is 4.30. The van der Waals surface area contributed by atoms with Crippen LogP contribution in [0.4, 0.5) is 5.69 Å². The van der Waals surface area contributed by atoms with Crippen molar-refractivity contribution in [3.05, 3.63) is 64.7 Å². The summed E-state index contributed by atoms with van der Waals surface area (Å²) in [5.41, 5.74) is 4.37. The summed E-state index contributed by atoms with van der Waals surface area (Å²) in [7, 11) is 0. The highest BCUT2D eigenvalue weighted by molar-refractivity contribution is 6.05. The minimum atomic E-state index is -0.815. The minimum absolute atomic E-state index is 0.0448. The van der Waals surface area contributed by atoms with Crippen LogP contribution < -0.4 is 5.32 Å². The van der Waals surface area contributed by atoms with E-state index in [1.165, 1.54) is 6.42 Å². The first-order valence-corrected chi connectivity index (χ1v) is 10.8. The quantitative estimate of drug-likeness (QED) is 0.510. The Morgan fingerprint density at radius 2 is 1.65 bits per heavy atom. The molecular formula is C24H28N4O3. The van der Waals surface area contributed by atoms with Crippen molar-refractivity contribution in [2.24, 2.45) is 0 Å². The van der Waals surface area contributed by atoms with Gasteiger partial charge in [0.2, 0.25) is 0 Å². The lowest BCUT2D eigenvalue weighted by atomic mass is 9.99. The van der Waals surface area contributed by atoms with Crippen LogP contribution in [0.5, 0.6) is 0 Å². The van der Waals surface area contributed by atoms with Gasteiger partial charge in [0.15, 0.2) is 0 Å². The maximum atomic E-state index is 12.7. The van der Waals surface area contributed by atoms with Crippen molar-refractivity contribution >= 4 is 23.4 Å². The Bertz CT molecular complexity index is 981. The Morgan fingerprint density at radius 3 is 2.35 bits per heavy atom. The average Bonchev–Trinajstić information content (AvgIpc) is 2.79. The molecule has 0 spiro atoms. The smallest absolute Gasteiger partial charge is 0.317 e. The summed E-state index contributed by atoms with van der Waals surface area (Å²) in [4.78, 5) is 27.6. The molecule has 0 unspecified atom stereocenters. The van der Waals surface area contributed by atoms with Crippen LogP contribution in [-0.2, 0) is 17.8 Å². The number of rotatable bonds is 5. The molecule has 2 aromatic carbocycles. The predicted octanol–water partition coefficient (Wildman–Crippen LogP) is 3.19. The lowest BCUT2D eigenvalue weighted by Crippen LogP contribution is -2.35. The van der Waals surface area contributed by atoms with Gasteiger partial charge in [-0.3, -0.25) is 19.9 Å². The van der Waals surface area contributed by atoms with Crippen LogP contribution >= 0.6 is 0 Å². The molecule has 0 radical (unpaired) electrons. The van der Waals surface area contributed by atoms with E-state index in [-0.39, 0.29) is 12.5 Å². The van der Waals surface area contributed by atoms with Gasteiger partial charge in [0.25, 0.3) is 5.91 Å².